The summed E-state index contributed by atoms with van der Waals surface area (Å²) in [6.45, 7) is 9.39. The van der Waals surface area contributed by atoms with Crippen molar-refractivity contribution in [1.29, 1.82) is 0 Å². The molecular weight excluding hydrogens is 248 g/mol. The van der Waals surface area contributed by atoms with E-state index >= 15 is 0 Å². The van der Waals surface area contributed by atoms with Crippen LogP contribution in [0.3, 0.4) is 0 Å². The molecule has 0 aromatic heterocycles. The van der Waals surface area contributed by atoms with E-state index in [4.69, 9.17) is 20.1 Å². The molecule has 19 heavy (non-hydrogen) atoms. The maximum Gasteiger partial charge on any atom is 0.333 e. The van der Waals surface area contributed by atoms with Gasteiger partial charge in [-0.1, -0.05) is 20.4 Å². The smallest absolute Gasteiger partial charge is 0.333 e. The summed E-state index contributed by atoms with van der Waals surface area (Å²) in [5, 5.41) is 25.3. The first kappa shape index (κ1) is 20.4. The molecule has 0 rings (SSSR count). The van der Waals surface area contributed by atoms with E-state index in [1.807, 2.05) is 13.8 Å². The third-order valence-corrected chi connectivity index (χ3v) is 2.19. The molecule has 0 fully saturated rings. The number of carbonyl (C=O) groups excluding carboxylic acids is 1. The summed E-state index contributed by atoms with van der Waals surface area (Å²) in [6.07, 6.45) is 2.58. The zero-order valence-corrected chi connectivity index (χ0v) is 12.3. The van der Waals surface area contributed by atoms with Crippen molar-refractivity contribution >= 4 is 5.97 Å². The Kier molecular flexibility index (Phi) is 13.0. The molecule has 0 aromatic rings. The van der Waals surface area contributed by atoms with Gasteiger partial charge in [0, 0.05) is 24.2 Å². The van der Waals surface area contributed by atoms with Gasteiger partial charge in [0.1, 0.15) is 0 Å². The molecule has 3 N–H and O–H groups in total. The molecule has 114 valence electrons. The molecule has 0 aromatic carbocycles. The first-order chi connectivity index (χ1) is 8.80. The molecule has 5 nitrogen and oxygen atoms in total. The van der Waals surface area contributed by atoms with Crippen molar-refractivity contribution in [2.24, 2.45) is 5.41 Å². The summed E-state index contributed by atoms with van der Waals surface area (Å²) in [5.74, 6) is -0.406. The first-order valence-corrected chi connectivity index (χ1v) is 6.46. The van der Waals surface area contributed by atoms with Crippen LogP contribution in [0, 0.1) is 5.41 Å². The van der Waals surface area contributed by atoms with Crippen molar-refractivity contribution in [2.45, 2.75) is 40.0 Å². The van der Waals surface area contributed by atoms with Crippen LogP contribution in [0.1, 0.15) is 40.0 Å². The Morgan fingerprint density at radius 2 is 1.58 bits per heavy atom. The van der Waals surface area contributed by atoms with E-state index in [9.17, 15) is 4.79 Å². The number of aliphatic hydroxyl groups excluding tert-OH is 3. The zero-order chi connectivity index (χ0) is 15.3. The fourth-order valence-corrected chi connectivity index (χ4v) is 0.830. The highest BCUT2D eigenvalue weighted by molar-refractivity contribution is 5.86. The summed E-state index contributed by atoms with van der Waals surface area (Å²) in [7, 11) is 0. The van der Waals surface area contributed by atoms with Crippen molar-refractivity contribution in [3.63, 3.8) is 0 Å². The van der Waals surface area contributed by atoms with Gasteiger partial charge in [0.25, 0.3) is 0 Å². The van der Waals surface area contributed by atoms with E-state index in [1.54, 1.807) is 6.92 Å². The van der Waals surface area contributed by atoms with Gasteiger partial charge in [-0.25, -0.2) is 4.79 Å². The second-order valence-electron chi connectivity index (χ2n) is 5.19. The van der Waals surface area contributed by atoms with Crippen molar-refractivity contribution in [3.8, 4) is 0 Å². The predicted molar refractivity (Wildman–Crippen MR) is 74.7 cm³/mol. The van der Waals surface area contributed by atoms with E-state index in [2.05, 4.69) is 6.58 Å². The number of carbonyl (C=O) groups is 1. The van der Waals surface area contributed by atoms with Crippen LogP contribution in [0.15, 0.2) is 12.2 Å². The Hall–Kier alpha value is -0.910. The number of aliphatic hydroxyl groups is 3. The summed E-state index contributed by atoms with van der Waals surface area (Å²) in [4.78, 5) is 10.9. The maximum atomic E-state index is 10.9. The Morgan fingerprint density at radius 1 is 1.11 bits per heavy atom. The van der Waals surface area contributed by atoms with Crippen LogP contribution in [0.5, 0.6) is 0 Å². The molecule has 0 heterocycles. The third-order valence-electron chi connectivity index (χ3n) is 2.19. The molecule has 0 bridgehead atoms. The van der Waals surface area contributed by atoms with Crippen LogP contribution in [0.4, 0.5) is 0 Å². The molecule has 0 saturated heterocycles. The van der Waals surface area contributed by atoms with E-state index in [0.29, 0.717) is 5.57 Å². The van der Waals surface area contributed by atoms with Crippen LogP contribution in [-0.2, 0) is 9.53 Å². The van der Waals surface area contributed by atoms with Crippen LogP contribution in [0.2, 0.25) is 0 Å². The Labute approximate surface area is 115 Å². The Bertz CT molecular complexity index is 244. The minimum Gasteiger partial charge on any atom is -0.462 e. The summed E-state index contributed by atoms with van der Waals surface area (Å²) < 4.78 is 4.86. The number of rotatable bonds is 8. The minimum atomic E-state index is -0.406. The highest BCUT2D eigenvalue weighted by atomic mass is 16.5. The van der Waals surface area contributed by atoms with Gasteiger partial charge in [-0.05, 0) is 26.2 Å². The van der Waals surface area contributed by atoms with Gasteiger partial charge in [-0.15, -0.1) is 0 Å². The van der Waals surface area contributed by atoms with Crippen LogP contribution < -0.4 is 0 Å². The lowest BCUT2D eigenvalue weighted by atomic mass is 9.97. The largest absolute Gasteiger partial charge is 0.462 e. The fraction of sp³-hybridized carbons (Fsp3) is 0.786. The van der Waals surface area contributed by atoms with Crippen molar-refractivity contribution < 1.29 is 24.9 Å². The lowest BCUT2D eigenvalue weighted by Crippen LogP contribution is -2.25. The molecule has 0 unspecified atom stereocenters. The van der Waals surface area contributed by atoms with Crippen LogP contribution in [0.25, 0.3) is 0 Å². The van der Waals surface area contributed by atoms with Crippen molar-refractivity contribution in [3.05, 3.63) is 12.2 Å². The number of hydrogen-bond donors (Lipinski definition) is 3. The highest BCUT2D eigenvalue weighted by Crippen LogP contribution is 2.14. The normalized spacial score (nSPS) is 10.4. The summed E-state index contributed by atoms with van der Waals surface area (Å²) >= 11 is 0. The van der Waals surface area contributed by atoms with Crippen molar-refractivity contribution in [1.82, 2.24) is 0 Å². The molecule has 0 aliphatic rings. The minimum absolute atomic E-state index is 0.00350. The monoisotopic (exact) mass is 276 g/mol. The summed E-state index contributed by atoms with van der Waals surface area (Å²) in [6, 6.07) is 0. The van der Waals surface area contributed by atoms with Gasteiger partial charge in [0.15, 0.2) is 0 Å². The third kappa shape index (κ3) is 15.0. The molecule has 0 spiro atoms. The Morgan fingerprint density at radius 3 is 1.89 bits per heavy atom. The maximum absolute atomic E-state index is 10.9. The number of hydrogen-bond acceptors (Lipinski definition) is 5. The van der Waals surface area contributed by atoms with E-state index in [-0.39, 0.29) is 31.8 Å². The molecular formula is C14H28O5. The van der Waals surface area contributed by atoms with E-state index in [0.717, 1.165) is 19.3 Å². The predicted octanol–water partition coefficient (Wildman–Crippen LogP) is 1.27. The van der Waals surface area contributed by atoms with Gasteiger partial charge in [-0.2, -0.15) is 0 Å². The molecule has 0 atom stereocenters. The second kappa shape index (κ2) is 12.1. The van der Waals surface area contributed by atoms with Gasteiger partial charge >= 0.3 is 5.97 Å². The fourth-order valence-electron chi connectivity index (χ4n) is 0.830. The highest BCUT2D eigenvalue weighted by Gasteiger charge is 2.18. The lowest BCUT2D eigenvalue weighted by Gasteiger charge is -2.20. The summed E-state index contributed by atoms with van der Waals surface area (Å²) in [5.41, 5.74) is 0.00853. The van der Waals surface area contributed by atoms with Crippen molar-refractivity contribution in [2.75, 3.05) is 26.4 Å². The molecule has 0 amide bonds. The average Bonchev–Trinajstić information content (AvgIpc) is 2.37. The first-order valence-electron chi connectivity index (χ1n) is 6.46. The Balaban J connectivity index is 0. The molecule has 0 saturated carbocycles. The van der Waals surface area contributed by atoms with Gasteiger partial charge in [0.2, 0.25) is 0 Å². The standard InChI is InChI=1S/C9H16O3.C5H12O2/c1-7(2)8(11)12-6-9(3,4)5-10;6-4-2-1-3-5-7/h10H,1,5-6H2,2-4H3;6-7H,1-5H2. The average molecular weight is 276 g/mol. The van der Waals surface area contributed by atoms with Gasteiger partial charge < -0.3 is 20.1 Å². The topological polar surface area (TPSA) is 87.0 Å². The SMILES string of the molecule is C=C(C)C(=O)OCC(C)(C)CO.OCCCCCO. The molecule has 0 aliphatic carbocycles. The molecule has 5 heteroatoms. The number of ether oxygens (including phenoxy) is 1. The van der Waals surface area contributed by atoms with Crippen LogP contribution in [-0.4, -0.2) is 47.7 Å². The van der Waals surface area contributed by atoms with E-state index < -0.39 is 5.97 Å². The van der Waals surface area contributed by atoms with Gasteiger partial charge in [0.05, 0.1) is 13.2 Å². The second-order valence-corrected chi connectivity index (χ2v) is 5.19. The number of esters is 1. The quantitative estimate of drug-likeness (QED) is 0.353. The molecule has 0 aliphatic heterocycles. The van der Waals surface area contributed by atoms with Crippen LogP contribution >= 0.6 is 0 Å². The number of unbranched alkanes of at least 4 members (excludes halogenated alkanes) is 2. The molecule has 0 radical (unpaired) electrons. The zero-order valence-electron chi connectivity index (χ0n) is 12.3. The lowest BCUT2D eigenvalue weighted by molar-refractivity contribution is -0.142. The van der Waals surface area contributed by atoms with Gasteiger partial charge in [-0.3, -0.25) is 0 Å². The van der Waals surface area contributed by atoms with E-state index in [1.165, 1.54) is 0 Å².